The Labute approximate surface area is 118 Å². The lowest BCUT2D eigenvalue weighted by molar-refractivity contribution is 0.309. The van der Waals surface area contributed by atoms with Crippen LogP contribution in [0.3, 0.4) is 0 Å². The zero-order valence-corrected chi connectivity index (χ0v) is 11.8. The second-order valence-electron chi connectivity index (χ2n) is 5.21. The van der Waals surface area contributed by atoms with Gasteiger partial charge in [0.2, 0.25) is 0 Å². The molecule has 1 N–H and O–H groups in total. The highest BCUT2D eigenvalue weighted by atomic mass is 16.5. The van der Waals surface area contributed by atoms with Gasteiger partial charge < -0.3 is 14.5 Å². The van der Waals surface area contributed by atoms with Crippen molar-refractivity contribution in [2.45, 2.75) is 19.9 Å². The maximum Gasteiger partial charge on any atom is 0.135 e. The van der Waals surface area contributed by atoms with Gasteiger partial charge in [-0.3, -0.25) is 0 Å². The van der Waals surface area contributed by atoms with E-state index in [2.05, 4.69) is 31.3 Å². The van der Waals surface area contributed by atoms with Gasteiger partial charge in [-0.05, 0) is 24.3 Å². The third-order valence-electron chi connectivity index (χ3n) is 3.27. The predicted molar refractivity (Wildman–Crippen MR) is 82.4 cm³/mol. The van der Waals surface area contributed by atoms with Crippen molar-refractivity contribution in [3.05, 3.63) is 42.5 Å². The topological polar surface area (TPSA) is 34.4 Å². The Kier molecular flexibility index (Phi) is 3.61. The number of fused-ring (bicyclic) bond motifs is 3. The van der Waals surface area contributed by atoms with Gasteiger partial charge in [-0.25, -0.2) is 0 Å². The molecule has 3 aromatic rings. The summed E-state index contributed by atoms with van der Waals surface area (Å²) in [6, 6.07) is 14.5. The number of rotatable bonds is 5. The van der Waals surface area contributed by atoms with E-state index in [1.54, 1.807) is 0 Å². The van der Waals surface area contributed by atoms with E-state index in [-0.39, 0.29) is 0 Å². The van der Waals surface area contributed by atoms with Crippen molar-refractivity contribution in [1.29, 1.82) is 0 Å². The lowest BCUT2D eigenvalue weighted by Crippen LogP contribution is -2.27. The van der Waals surface area contributed by atoms with E-state index in [1.165, 1.54) is 0 Å². The number of ether oxygens (including phenoxy) is 1. The van der Waals surface area contributed by atoms with E-state index in [4.69, 9.17) is 9.15 Å². The van der Waals surface area contributed by atoms with E-state index in [1.807, 2.05) is 30.3 Å². The highest BCUT2D eigenvalue weighted by Crippen LogP contribution is 2.31. The fourth-order valence-corrected chi connectivity index (χ4v) is 2.31. The first-order valence-corrected chi connectivity index (χ1v) is 7.01. The predicted octanol–water partition coefficient (Wildman–Crippen LogP) is 3.96. The Hall–Kier alpha value is -2.00. The molecule has 0 bridgehead atoms. The summed E-state index contributed by atoms with van der Waals surface area (Å²) >= 11 is 0. The zero-order chi connectivity index (χ0) is 13.9. The zero-order valence-electron chi connectivity index (χ0n) is 11.8. The van der Waals surface area contributed by atoms with E-state index in [0.29, 0.717) is 12.6 Å². The Morgan fingerprint density at radius 3 is 2.70 bits per heavy atom. The van der Waals surface area contributed by atoms with Crippen molar-refractivity contribution in [2.75, 3.05) is 13.2 Å². The van der Waals surface area contributed by atoms with Crippen LogP contribution in [0.1, 0.15) is 13.8 Å². The van der Waals surface area contributed by atoms with E-state index in [9.17, 15) is 0 Å². The summed E-state index contributed by atoms with van der Waals surface area (Å²) in [6.07, 6.45) is 0. The molecule has 0 saturated carbocycles. The summed E-state index contributed by atoms with van der Waals surface area (Å²) in [5.41, 5.74) is 1.82. The molecule has 0 saturated heterocycles. The van der Waals surface area contributed by atoms with Gasteiger partial charge in [-0.1, -0.05) is 32.0 Å². The molecule has 0 radical (unpaired) electrons. The van der Waals surface area contributed by atoms with Gasteiger partial charge in [-0.15, -0.1) is 0 Å². The molecule has 1 aromatic heterocycles. The maximum atomic E-state index is 5.80. The number of benzene rings is 2. The molecule has 3 nitrogen and oxygen atoms in total. The Bertz CT molecular complexity index is 715. The Morgan fingerprint density at radius 2 is 1.85 bits per heavy atom. The van der Waals surface area contributed by atoms with Crippen molar-refractivity contribution in [3.63, 3.8) is 0 Å². The largest absolute Gasteiger partial charge is 0.492 e. The highest BCUT2D eigenvalue weighted by molar-refractivity contribution is 6.05. The maximum absolute atomic E-state index is 5.80. The van der Waals surface area contributed by atoms with Crippen LogP contribution in [0, 0.1) is 0 Å². The molecular formula is C17H19NO2. The summed E-state index contributed by atoms with van der Waals surface area (Å²) in [6.45, 7) is 5.77. The molecule has 0 fully saturated rings. The van der Waals surface area contributed by atoms with Gasteiger partial charge in [0.05, 0.1) is 0 Å². The van der Waals surface area contributed by atoms with Crippen molar-refractivity contribution in [2.24, 2.45) is 0 Å². The van der Waals surface area contributed by atoms with E-state index >= 15 is 0 Å². The van der Waals surface area contributed by atoms with Gasteiger partial charge >= 0.3 is 0 Å². The molecule has 0 amide bonds. The summed E-state index contributed by atoms with van der Waals surface area (Å²) in [5, 5.41) is 5.57. The van der Waals surface area contributed by atoms with Gasteiger partial charge in [0.15, 0.2) is 0 Å². The van der Waals surface area contributed by atoms with Crippen LogP contribution in [0.15, 0.2) is 46.9 Å². The molecule has 3 heteroatoms. The average Bonchev–Trinajstić information content (AvgIpc) is 2.81. The lowest BCUT2D eigenvalue weighted by Gasteiger charge is -2.09. The molecule has 0 aliphatic heterocycles. The first-order valence-electron chi connectivity index (χ1n) is 7.01. The minimum Gasteiger partial charge on any atom is -0.492 e. The third-order valence-corrected chi connectivity index (χ3v) is 3.27. The number of hydrogen-bond donors (Lipinski definition) is 1. The lowest BCUT2D eigenvalue weighted by atomic mass is 10.1. The Morgan fingerprint density at radius 1 is 1.05 bits per heavy atom. The second-order valence-corrected chi connectivity index (χ2v) is 5.21. The van der Waals surface area contributed by atoms with Crippen LogP contribution in [0.25, 0.3) is 21.9 Å². The summed E-state index contributed by atoms with van der Waals surface area (Å²) in [4.78, 5) is 0. The van der Waals surface area contributed by atoms with Crippen molar-refractivity contribution < 1.29 is 9.15 Å². The Balaban J connectivity index is 1.81. The molecule has 0 spiro atoms. The minimum absolute atomic E-state index is 0.485. The molecule has 3 rings (SSSR count). The van der Waals surface area contributed by atoms with Gasteiger partial charge in [0.25, 0.3) is 0 Å². The van der Waals surface area contributed by atoms with Gasteiger partial charge in [-0.2, -0.15) is 0 Å². The van der Waals surface area contributed by atoms with Crippen LogP contribution in [-0.4, -0.2) is 19.2 Å². The van der Waals surface area contributed by atoms with Gasteiger partial charge in [0.1, 0.15) is 23.5 Å². The molecule has 2 aromatic carbocycles. The molecule has 20 heavy (non-hydrogen) atoms. The summed E-state index contributed by atoms with van der Waals surface area (Å²) < 4.78 is 11.6. The first-order chi connectivity index (χ1) is 9.74. The molecular weight excluding hydrogens is 250 g/mol. The SMILES string of the molecule is CC(C)NCCOc1ccc2oc3ccccc3c2c1. The molecule has 0 unspecified atom stereocenters. The molecule has 1 heterocycles. The fraction of sp³-hybridized carbons (Fsp3) is 0.294. The van der Waals surface area contributed by atoms with Crippen LogP contribution in [-0.2, 0) is 0 Å². The quantitative estimate of drug-likeness (QED) is 0.712. The monoisotopic (exact) mass is 269 g/mol. The minimum atomic E-state index is 0.485. The summed E-state index contributed by atoms with van der Waals surface area (Å²) in [5.74, 6) is 0.884. The number of nitrogens with one attached hydrogen (secondary N) is 1. The van der Waals surface area contributed by atoms with E-state index < -0.39 is 0 Å². The first kappa shape index (κ1) is 13.0. The fourth-order valence-electron chi connectivity index (χ4n) is 2.31. The standard InChI is InChI=1S/C17H19NO2/c1-12(2)18-9-10-19-13-7-8-17-15(11-13)14-5-3-4-6-16(14)20-17/h3-8,11-12,18H,9-10H2,1-2H3. The van der Waals surface area contributed by atoms with Crippen LogP contribution in [0.5, 0.6) is 5.75 Å². The van der Waals surface area contributed by atoms with Crippen molar-refractivity contribution in [3.8, 4) is 5.75 Å². The van der Waals surface area contributed by atoms with E-state index in [0.717, 1.165) is 34.2 Å². The average molecular weight is 269 g/mol. The number of hydrogen-bond acceptors (Lipinski definition) is 3. The van der Waals surface area contributed by atoms with Crippen molar-refractivity contribution >= 4 is 21.9 Å². The van der Waals surface area contributed by atoms with Crippen molar-refractivity contribution in [1.82, 2.24) is 5.32 Å². The number of furan rings is 1. The smallest absolute Gasteiger partial charge is 0.135 e. The summed E-state index contributed by atoms with van der Waals surface area (Å²) in [7, 11) is 0. The van der Waals surface area contributed by atoms with Crippen LogP contribution >= 0.6 is 0 Å². The van der Waals surface area contributed by atoms with Crippen LogP contribution in [0.4, 0.5) is 0 Å². The van der Waals surface area contributed by atoms with Crippen LogP contribution in [0.2, 0.25) is 0 Å². The normalized spacial score (nSPS) is 11.6. The van der Waals surface area contributed by atoms with Gasteiger partial charge in [0, 0.05) is 23.4 Å². The number of para-hydroxylation sites is 1. The molecule has 0 aliphatic rings. The third kappa shape index (κ3) is 2.63. The highest BCUT2D eigenvalue weighted by Gasteiger charge is 2.07. The van der Waals surface area contributed by atoms with Crippen LogP contribution < -0.4 is 10.1 Å². The molecule has 0 atom stereocenters. The molecule has 104 valence electrons. The second kappa shape index (κ2) is 5.55. The molecule has 0 aliphatic carbocycles.